The third kappa shape index (κ3) is 2.54. The van der Waals surface area contributed by atoms with Crippen LogP contribution in [-0.2, 0) is 0 Å². The lowest BCUT2D eigenvalue weighted by Gasteiger charge is -2.21. The Hall–Kier alpha value is -1.06. The van der Waals surface area contributed by atoms with E-state index in [9.17, 15) is 5.11 Å². The van der Waals surface area contributed by atoms with Gasteiger partial charge in [-0.1, -0.05) is 18.2 Å². The Morgan fingerprint density at radius 2 is 2.25 bits per heavy atom. The molecule has 0 bridgehead atoms. The van der Waals surface area contributed by atoms with E-state index in [4.69, 9.17) is 4.74 Å². The molecule has 3 nitrogen and oxygen atoms in total. The minimum atomic E-state index is -0.275. The van der Waals surface area contributed by atoms with Gasteiger partial charge in [-0.05, 0) is 20.0 Å². The fourth-order valence-corrected chi connectivity index (χ4v) is 2.28. The van der Waals surface area contributed by atoms with Crippen molar-refractivity contribution >= 4 is 0 Å². The predicted molar refractivity (Wildman–Crippen MR) is 63.9 cm³/mol. The van der Waals surface area contributed by atoms with E-state index >= 15 is 0 Å². The maximum atomic E-state index is 9.32. The lowest BCUT2D eigenvalue weighted by atomic mass is 10.0. The SMILES string of the molecule is CC(O)CN(C)CC1COc2ccccc21. The molecule has 0 aromatic heterocycles. The molecule has 1 aliphatic rings. The van der Waals surface area contributed by atoms with Crippen molar-refractivity contribution in [1.29, 1.82) is 0 Å². The monoisotopic (exact) mass is 221 g/mol. The van der Waals surface area contributed by atoms with Crippen LogP contribution in [0.15, 0.2) is 24.3 Å². The first-order chi connectivity index (χ1) is 7.66. The van der Waals surface area contributed by atoms with E-state index in [1.165, 1.54) is 5.56 Å². The fraction of sp³-hybridized carbons (Fsp3) is 0.538. The number of ether oxygens (including phenoxy) is 1. The lowest BCUT2D eigenvalue weighted by molar-refractivity contribution is 0.135. The molecule has 0 spiro atoms. The Kier molecular flexibility index (Phi) is 3.46. The third-order valence-electron chi connectivity index (χ3n) is 2.91. The van der Waals surface area contributed by atoms with Crippen molar-refractivity contribution in [3.8, 4) is 5.75 Å². The molecule has 0 saturated carbocycles. The van der Waals surface area contributed by atoms with Gasteiger partial charge in [0.2, 0.25) is 0 Å². The molecule has 88 valence electrons. The van der Waals surface area contributed by atoms with Crippen molar-refractivity contribution in [3.05, 3.63) is 29.8 Å². The highest BCUT2D eigenvalue weighted by atomic mass is 16.5. The Balaban J connectivity index is 1.98. The van der Waals surface area contributed by atoms with Gasteiger partial charge in [0, 0.05) is 24.6 Å². The van der Waals surface area contributed by atoms with Crippen LogP contribution < -0.4 is 4.74 Å². The molecule has 3 heteroatoms. The maximum absolute atomic E-state index is 9.32. The van der Waals surface area contributed by atoms with Crippen LogP contribution in [0, 0.1) is 0 Å². The molecular weight excluding hydrogens is 202 g/mol. The summed E-state index contributed by atoms with van der Waals surface area (Å²) >= 11 is 0. The van der Waals surface area contributed by atoms with E-state index in [-0.39, 0.29) is 6.10 Å². The quantitative estimate of drug-likeness (QED) is 0.836. The van der Waals surface area contributed by atoms with E-state index < -0.39 is 0 Å². The zero-order valence-electron chi connectivity index (χ0n) is 9.89. The number of benzene rings is 1. The zero-order chi connectivity index (χ0) is 11.5. The van der Waals surface area contributed by atoms with Crippen molar-refractivity contribution in [1.82, 2.24) is 4.90 Å². The summed E-state index contributed by atoms with van der Waals surface area (Å²) in [5.41, 5.74) is 1.29. The number of nitrogens with zero attached hydrogens (tertiary/aromatic N) is 1. The first kappa shape index (κ1) is 11.4. The van der Waals surface area contributed by atoms with Gasteiger partial charge in [0.05, 0.1) is 12.7 Å². The Morgan fingerprint density at radius 3 is 3.00 bits per heavy atom. The average Bonchev–Trinajstić information content (AvgIpc) is 2.61. The van der Waals surface area contributed by atoms with Crippen molar-refractivity contribution in [3.63, 3.8) is 0 Å². The summed E-state index contributed by atoms with van der Waals surface area (Å²) in [5.74, 6) is 1.44. The van der Waals surface area contributed by atoms with E-state index in [0.29, 0.717) is 12.5 Å². The number of fused-ring (bicyclic) bond motifs is 1. The summed E-state index contributed by atoms with van der Waals surface area (Å²) in [5, 5.41) is 9.32. The van der Waals surface area contributed by atoms with Crippen LogP contribution >= 0.6 is 0 Å². The Labute approximate surface area is 96.6 Å². The second kappa shape index (κ2) is 4.85. The first-order valence-corrected chi connectivity index (χ1v) is 5.75. The molecule has 1 N–H and O–H groups in total. The van der Waals surface area contributed by atoms with Crippen LogP contribution in [0.1, 0.15) is 18.4 Å². The summed E-state index contributed by atoms with van der Waals surface area (Å²) < 4.78 is 5.63. The zero-order valence-corrected chi connectivity index (χ0v) is 9.89. The van der Waals surface area contributed by atoms with Gasteiger partial charge < -0.3 is 14.7 Å². The molecule has 2 atom stereocenters. The predicted octanol–water partition coefficient (Wildman–Crippen LogP) is 1.48. The lowest BCUT2D eigenvalue weighted by Crippen LogP contribution is -2.31. The molecule has 1 heterocycles. The molecule has 1 aromatic rings. The van der Waals surface area contributed by atoms with Crippen LogP contribution in [0.25, 0.3) is 0 Å². The molecule has 0 saturated heterocycles. The topological polar surface area (TPSA) is 32.7 Å². The molecule has 2 rings (SSSR count). The maximum Gasteiger partial charge on any atom is 0.122 e. The minimum absolute atomic E-state index is 0.275. The smallest absolute Gasteiger partial charge is 0.122 e. The average molecular weight is 221 g/mol. The molecule has 16 heavy (non-hydrogen) atoms. The number of rotatable bonds is 4. The molecule has 0 fully saturated rings. The molecule has 0 aliphatic carbocycles. The number of aliphatic hydroxyl groups is 1. The van der Waals surface area contributed by atoms with E-state index in [1.54, 1.807) is 0 Å². The second-order valence-electron chi connectivity index (χ2n) is 4.62. The van der Waals surface area contributed by atoms with Gasteiger partial charge in [0.15, 0.2) is 0 Å². The van der Waals surface area contributed by atoms with Crippen LogP contribution in [0.2, 0.25) is 0 Å². The molecule has 2 unspecified atom stereocenters. The highest BCUT2D eigenvalue weighted by Crippen LogP contribution is 2.33. The van der Waals surface area contributed by atoms with Crippen molar-refractivity contribution in [2.24, 2.45) is 0 Å². The largest absolute Gasteiger partial charge is 0.493 e. The van der Waals surface area contributed by atoms with E-state index in [2.05, 4.69) is 17.0 Å². The van der Waals surface area contributed by atoms with Crippen LogP contribution in [-0.4, -0.2) is 42.9 Å². The Bertz CT molecular complexity index is 352. The summed E-state index contributed by atoms with van der Waals surface area (Å²) in [7, 11) is 2.04. The molecule has 1 aliphatic heterocycles. The van der Waals surface area contributed by atoms with E-state index in [1.807, 2.05) is 26.1 Å². The van der Waals surface area contributed by atoms with Gasteiger partial charge in [-0.3, -0.25) is 0 Å². The van der Waals surface area contributed by atoms with Crippen LogP contribution in [0.3, 0.4) is 0 Å². The van der Waals surface area contributed by atoms with Crippen molar-refractivity contribution < 1.29 is 9.84 Å². The number of para-hydroxylation sites is 1. The van der Waals surface area contributed by atoms with Gasteiger partial charge in [-0.25, -0.2) is 0 Å². The fourth-order valence-electron chi connectivity index (χ4n) is 2.28. The summed E-state index contributed by atoms with van der Waals surface area (Å²) in [4.78, 5) is 2.15. The second-order valence-corrected chi connectivity index (χ2v) is 4.62. The molecule has 0 radical (unpaired) electrons. The Morgan fingerprint density at radius 1 is 1.50 bits per heavy atom. The highest BCUT2D eigenvalue weighted by Gasteiger charge is 2.24. The summed E-state index contributed by atoms with van der Waals surface area (Å²) in [6, 6.07) is 8.20. The number of likely N-dealkylation sites (N-methyl/N-ethyl adjacent to an activating group) is 1. The van der Waals surface area contributed by atoms with Crippen LogP contribution in [0.5, 0.6) is 5.75 Å². The molecular formula is C13H19NO2. The first-order valence-electron chi connectivity index (χ1n) is 5.75. The van der Waals surface area contributed by atoms with Crippen molar-refractivity contribution in [2.45, 2.75) is 18.9 Å². The van der Waals surface area contributed by atoms with Gasteiger partial charge in [-0.2, -0.15) is 0 Å². The summed E-state index contributed by atoms with van der Waals surface area (Å²) in [6.07, 6.45) is -0.275. The normalized spacial score (nSPS) is 20.6. The number of aliphatic hydroxyl groups excluding tert-OH is 1. The standard InChI is InChI=1S/C13H19NO2/c1-10(15)7-14(2)8-11-9-16-13-6-4-3-5-12(11)13/h3-6,10-11,15H,7-9H2,1-2H3. The minimum Gasteiger partial charge on any atom is -0.493 e. The van der Waals surface area contributed by atoms with Gasteiger partial charge in [0.1, 0.15) is 5.75 Å². The summed E-state index contributed by atoms with van der Waals surface area (Å²) in [6.45, 7) is 4.21. The third-order valence-corrected chi connectivity index (χ3v) is 2.91. The van der Waals surface area contributed by atoms with Gasteiger partial charge in [0.25, 0.3) is 0 Å². The van der Waals surface area contributed by atoms with Crippen molar-refractivity contribution in [2.75, 3.05) is 26.7 Å². The number of hydrogen-bond donors (Lipinski definition) is 1. The highest BCUT2D eigenvalue weighted by molar-refractivity contribution is 5.39. The molecule has 0 amide bonds. The van der Waals surface area contributed by atoms with Crippen LogP contribution in [0.4, 0.5) is 0 Å². The number of hydrogen-bond acceptors (Lipinski definition) is 3. The van der Waals surface area contributed by atoms with E-state index in [0.717, 1.165) is 18.9 Å². The van der Waals surface area contributed by atoms with Gasteiger partial charge in [-0.15, -0.1) is 0 Å². The van der Waals surface area contributed by atoms with Gasteiger partial charge >= 0.3 is 0 Å². The molecule has 1 aromatic carbocycles.